The van der Waals surface area contributed by atoms with Gasteiger partial charge in [0.15, 0.2) is 0 Å². The molecule has 0 aliphatic carbocycles. The summed E-state index contributed by atoms with van der Waals surface area (Å²) >= 11 is 0. The molecule has 0 bridgehead atoms. The van der Waals surface area contributed by atoms with Crippen LogP contribution in [0.4, 0.5) is 0 Å². The number of carbonyl (C=O) groups is 1. The highest BCUT2D eigenvalue weighted by Gasteiger charge is 2.23. The number of likely N-dealkylation sites (N-methyl/N-ethyl adjacent to an activating group) is 1. The summed E-state index contributed by atoms with van der Waals surface area (Å²) in [6.45, 7) is 4.24. The SMILES string of the molecule is C/C=C/CC/C=C/CC/C=C/C(O)C(COP(=O)([O-])OCC[N+](C)(C)C)NC(=O)CCCCCCCCCCCCCCC/C=C\C/C=C\C/C=C\C/C=C\C/C=C\CC. The molecular weight excluding hydrogens is 768 g/mol. The number of phosphoric acid groups is 1. The van der Waals surface area contributed by atoms with Gasteiger partial charge in [0.25, 0.3) is 7.82 Å². The fraction of sp³-hybridized carbons (Fsp3) is 0.667. The van der Waals surface area contributed by atoms with Gasteiger partial charge in [-0.1, -0.05) is 175 Å². The first-order valence-electron chi connectivity index (χ1n) is 23.6. The maximum atomic E-state index is 12.8. The van der Waals surface area contributed by atoms with Gasteiger partial charge in [0.1, 0.15) is 13.2 Å². The van der Waals surface area contributed by atoms with Crippen LogP contribution in [0.25, 0.3) is 0 Å². The second-order valence-electron chi connectivity index (χ2n) is 16.7. The first kappa shape index (κ1) is 57.4. The van der Waals surface area contributed by atoms with Crippen molar-refractivity contribution in [3.05, 3.63) is 97.2 Å². The molecule has 60 heavy (non-hydrogen) atoms. The van der Waals surface area contributed by atoms with Gasteiger partial charge in [0, 0.05) is 6.42 Å². The zero-order valence-electron chi connectivity index (χ0n) is 38.9. The molecule has 2 N–H and O–H groups in total. The molecule has 9 heteroatoms. The summed E-state index contributed by atoms with van der Waals surface area (Å²) in [6, 6.07) is -0.913. The second kappa shape index (κ2) is 41.8. The first-order valence-corrected chi connectivity index (χ1v) is 25.0. The lowest BCUT2D eigenvalue weighted by Crippen LogP contribution is -2.45. The van der Waals surface area contributed by atoms with Crippen LogP contribution in [-0.4, -0.2) is 68.5 Å². The molecule has 3 atom stereocenters. The van der Waals surface area contributed by atoms with Gasteiger partial charge in [-0.15, -0.1) is 0 Å². The van der Waals surface area contributed by atoms with E-state index in [9.17, 15) is 19.4 Å². The van der Waals surface area contributed by atoms with Crippen molar-refractivity contribution in [3.8, 4) is 0 Å². The third-order valence-electron chi connectivity index (χ3n) is 9.85. The van der Waals surface area contributed by atoms with E-state index < -0.39 is 26.6 Å². The molecule has 0 aromatic rings. The Bertz CT molecular complexity index is 1290. The number of phosphoric ester groups is 1. The Hall–Kier alpha value is -2.58. The number of hydrogen-bond acceptors (Lipinski definition) is 6. The lowest BCUT2D eigenvalue weighted by molar-refractivity contribution is -0.870. The van der Waals surface area contributed by atoms with Gasteiger partial charge < -0.3 is 28.8 Å². The Morgan fingerprint density at radius 3 is 1.55 bits per heavy atom. The van der Waals surface area contributed by atoms with Gasteiger partial charge in [0.05, 0.1) is 39.9 Å². The highest BCUT2D eigenvalue weighted by atomic mass is 31.2. The second-order valence-corrected chi connectivity index (χ2v) is 18.1. The molecule has 3 unspecified atom stereocenters. The maximum Gasteiger partial charge on any atom is 0.268 e. The third kappa shape index (κ3) is 43.5. The normalized spacial score (nSPS) is 15.1. The summed E-state index contributed by atoms with van der Waals surface area (Å²) in [6.07, 6.45) is 59.3. The topological polar surface area (TPSA) is 108 Å². The van der Waals surface area contributed by atoms with Crippen LogP contribution in [-0.2, 0) is 18.4 Å². The predicted octanol–water partition coefficient (Wildman–Crippen LogP) is 12.9. The zero-order valence-corrected chi connectivity index (χ0v) is 39.8. The van der Waals surface area contributed by atoms with Gasteiger partial charge in [-0.2, -0.15) is 0 Å². The van der Waals surface area contributed by atoms with Crippen molar-refractivity contribution in [3.63, 3.8) is 0 Å². The molecule has 0 aliphatic rings. The highest BCUT2D eigenvalue weighted by Crippen LogP contribution is 2.38. The van der Waals surface area contributed by atoms with E-state index in [1.54, 1.807) is 6.08 Å². The monoisotopic (exact) mass is 857 g/mol. The fourth-order valence-corrected chi connectivity index (χ4v) is 6.88. The largest absolute Gasteiger partial charge is 0.756 e. The van der Waals surface area contributed by atoms with Crippen molar-refractivity contribution in [2.75, 3.05) is 40.9 Å². The van der Waals surface area contributed by atoms with Crippen LogP contribution >= 0.6 is 7.82 Å². The van der Waals surface area contributed by atoms with Crippen molar-refractivity contribution in [2.24, 2.45) is 0 Å². The van der Waals surface area contributed by atoms with Gasteiger partial charge in [0.2, 0.25) is 5.91 Å². The van der Waals surface area contributed by atoms with E-state index in [-0.39, 0.29) is 12.5 Å². The number of nitrogens with zero attached hydrogens (tertiary/aromatic N) is 1. The summed E-state index contributed by atoms with van der Waals surface area (Å²) in [4.78, 5) is 25.2. The molecular formula is C51H89N2O6P. The Morgan fingerprint density at radius 2 is 1.05 bits per heavy atom. The van der Waals surface area contributed by atoms with Crippen LogP contribution in [0.2, 0.25) is 0 Å². The molecule has 0 saturated heterocycles. The quantitative estimate of drug-likeness (QED) is 0.0274. The maximum absolute atomic E-state index is 12.8. The average molecular weight is 857 g/mol. The Balaban J connectivity index is 4.13. The number of aliphatic hydroxyl groups excluding tert-OH is 1. The first-order chi connectivity index (χ1) is 29.0. The van der Waals surface area contributed by atoms with E-state index in [4.69, 9.17) is 9.05 Å². The zero-order chi connectivity index (χ0) is 44.3. The minimum Gasteiger partial charge on any atom is -0.756 e. The van der Waals surface area contributed by atoms with Crippen LogP contribution in [0, 0.1) is 0 Å². The van der Waals surface area contributed by atoms with Gasteiger partial charge in [-0.05, 0) is 84.0 Å². The van der Waals surface area contributed by atoms with E-state index in [1.165, 1.54) is 70.6 Å². The summed E-state index contributed by atoms with van der Waals surface area (Å²) in [5, 5.41) is 13.7. The standard InChI is InChI=1S/C51H89N2O6P/c1-6-8-10-12-14-16-17-18-19-20-21-22-23-24-25-26-27-28-29-30-31-32-33-34-35-37-39-41-43-45-51(55)52-49(48-59-60(56,57)58-47-46-53(3,4)5)50(54)44-42-40-38-36-15-13-11-9-7-2/h7-10,14-16,18-19,21-22,24-25,36,42,44,49-50,54H,6,11-13,17,20,23,26-35,37-41,43,45-48H2,1-5H3,(H-,52,55,56,57)/b9-7+,10-8-,16-14-,19-18-,22-21-,25-24-,36-15+,44-42+. The molecule has 1 amide bonds. The van der Waals surface area contributed by atoms with Crippen molar-refractivity contribution in [1.29, 1.82) is 0 Å². The van der Waals surface area contributed by atoms with Gasteiger partial charge >= 0.3 is 0 Å². The summed E-state index contributed by atoms with van der Waals surface area (Å²) in [7, 11) is 1.22. The van der Waals surface area contributed by atoms with Crippen molar-refractivity contribution in [1.82, 2.24) is 5.32 Å². The number of nitrogens with one attached hydrogen (secondary N) is 1. The lowest BCUT2D eigenvalue weighted by atomic mass is 10.0. The molecule has 0 heterocycles. The highest BCUT2D eigenvalue weighted by molar-refractivity contribution is 7.45. The molecule has 0 radical (unpaired) electrons. The number of unbranched alkanes of at least 4 members (excludes halogenated alkanes) is 15. The number of hydrogen-bond donors (Lipinski definition) is 2. The van der Waals surface area contributed by atoms with E-state index in [0.29, 0.717) is 17.4 Å². The van der Waals surface area contributed by atoms with E-state index in [2.05, 4.69) is 91.2 Å². The molecule has 0 saturated carbocycles. The molecule has 0 spiro atoms. The summed E-state index contributed by atoms with van der Waals surface area (Å²) < 4.78 is 23.1. The molecule has 344 valence electrons. The van der Waals surface area contributed by atoms with Gasteiger partial charge in [-0.25, -0.2) is 0 Å². The molecule has 0 fully saturated rings. The minimum atomic E-state index is -4.60. The number of allylic oxidation sites excluding steroid dienone is 15. The molecule has 0 aromatic heterocycles. The average Bonchev–Trinajstić information content (AvgIpc) is 3.20. The Labute approximate surface area is 369 Å². The fourth-order valence-electron chi connectivity index (χ4n) is 6.16. The van der Waals surface area contributed by atoms with Crippen LogP contribution < -0.4 is 10.2 Å². The van der Waals surface area contributed by atoms with E-state index >= 15 is 0 Å². The van der Waals surface area contributed by atoms with Crippen LogP contribution in [0.15, 0.2) is 97.2 Å². The van der Waals surface area contributed by atoms with Crippen LogP contribution in [0.5, 0.6) is 0 Å². The smallest absolute Gasteiger partial charge is 0.268 e. The third-order valence-corrected chi connectivity index (χ3v) is 10.8. The Morgan fingerprint density at radius 1 is 0.617 bits per heavy atom. The molecule has 0 aliphatic heterocycles. The van der Waals surface area contributed by atoms with Crippen molar-refractivity contribution >= 4 is 13.7 Å². The molecule has 8 nitrogen and oxygen atoms in total. The number of quaternary nitrogens is 1. The van der Waals surface area contributed by atoms with Crippen LogP contribution in [0.1, 0.15) is 168 Å². The lowest BCUT2D eigenvalue weighted by Gasteiger charge is -2.29. The van der Waals surface area contributed by atoms with E-state index in [1.807, 2.05) is 40.2 Å². The van der Waals surface area contributed by atoms with Crippen molar-refractivity contribution in [2.45, 2.75) is 180 Å². The van der Waals surface area contributed by atoms with Crippen LogP contribution in [0.3, 0.4) is 0 Å². The summed E-state index contributed by atoms with van der Waals surface area (Å²) in [5.41, 5.74) is 0. The van der Waals surface area contributed by atoms with E-state index in [0.717, 1.165) is 77.0 Å². The number of amides is 1. The number of aliphatic hydroxyl groups is 1. The molecule has 0 rings (SSSR count). The van der Waals surface area contributed by atoms with Gasteiger partial charge in [-0.3, -0.25) is 9.36 Å². The number of carbonyl (C=O) groups excluding carboxylic acids is 1. The minimum absolute atomic E-state index is 0.0140. The Kier molecular flexibility index (Phi) is 40.0. The number of rotatable bonds is 41. The molecule has 0 aromatic carbocycles. The summed E-state index contributed by atoms with van der Waals surface area (Å²) in [5.74, 6) is -0.221. The van der Waals surface area contributed by atoms with Crippen molar-refractivity contribution < 1.29 is 32.9 Å². The predicted molar refractivity (Wildman–Crippen MR) is 256 cm³/mol.